The Labute approximate surface area is 234 Å². The number of hydrogen-bond donors (Lipinski definition) is 2. The van der Waals surface area contributed by atoms with E-state index in [0.717, 1.165) is 11.1 Å². The van der Waals surface area contributed by atoms with Crippen molar-refractivity contribution in [2.24, 2.45) is 10.2 Å². The molecule has 2 N–H and O–H groups in total. The van der Waals surface area contributed by atoms with E-state index in [1.165, 1.54) is 24.3 Å². The Kier molecular flexibility index (Phi) is 8.74. The summed E-state index contributed by atoms with van der Waals surface area (Å²) >= 11 is 23.8. The molecule has 4 rings (SSSR count). The number of rotatable bonds is 8. The molecule has 0 aliphatic carbocycles. The molecule has 0 atom stereocenters. The highest BCUT2D eigenvalue weighted by Crippen LogP contribution is 2.25. The van der Waals surface area contributed by atoms with Gasteiger partial charge in [0.2, 0.25) is 9.84 Å². The lowest BCUT2D eigenvalue weighted by Gasteiger charge is -2.07. The summed E-state index contributed by atoms with van der Waals surface area (Å²) in [6.07, 6.45) is 3.16. The summed E-state index contributed by atoms with van der Waals surface area (Å²) in [5.74, 6) is 0. The van der Waals surface area contributed by atoms with Crippen LogP contribution in [0.2, 0.25) is 20.1 Å². The molecule has 0 unspecified atom stereocenters. The lowest BCUT2D eigenvalue weighted by molar-refractivity contribution is 0.596. The average molecular weight is 592 g/mol. The Hall–Kier alpha value is -3.07. The SMILES string of the molecule is O=S(=O)(c1ccc(N/N=C\c2ccc(Cl)c(Cl)c2)cc1)c1ccc(N/N=C/c2ccc(Cl)c(Cl)c2)cc1. The largest absolute Gasteiger partial charge is 0.279 e. The summed E-state index contributed by atoms with van der Waals surface area (Å²) in [4.78, 5) is 0.315. The molecule has 0 amide bonds. The molecule has 0 saturated heterocycles. The fourth-order valence-corrected chi connectivity index (χ4v) is 4.98. The molecule has 0 heterocycles. The van der Waals surface area contributed by atoms with Crippen molar-refractivity contribution in [2.45, 2.75) is 9.79 Å². The average Bonchev–Trinajstić information content (AvgIpc) is 2.89. The second kappa shape index (κ2) is 12.0. The van der Waals surface area contributed by atoms with Gasteiger partial charge in [-0.2, -0.15) is 10.2 Å². The van der Waals surface area contributed by atoms with E-state index in [0.29, 0.717) is 31.5 Å². The first-order chi connectivity index (χ1) is 17.7. The normalized spacial score (nSPS) is 11.8. The van der Waals surface area contributed by atoms with Crippen molar-refractivity contribution >= 4 is 80.0 Å². The Morgan fingerprint density at radius 2 is 0.919 bits per heavy atom. The van der Waals surface area contributed by atoms with Gasteiger partial charge in [-0.3, -0.25) is 10.9 Å². The topological polar surface area (TPSA) is 82.9 Å². The summed E-state index contributed by atoms with van der Waals surface area (Å²) in [5.41, 5.74) is 8.47. The van der Waals surface area contributed by atoms with Crippen LogP contribution in [0.4, 0.5) is 11.4 Å². The molecule has 0 bridgehead atoms. The number of anilines is 2. The van der Waals surface area contributed by atoms with E-state index in [4.69, 9.17) is 46.4 Å². The van der Waals surface area contributed by atoms with Crippen molar-refractivity contribution in [3.63, 3.8) is 0 Å². The molecule has 0 spiro atoms. The van der Waals surface area contributed by atoms with E-state index in [1.54, 1.807) is 73.1 Å². The molecule has 188 valence electrons. The molecule has 0 aliphatic heterocycles. The van der Waals surface area contributed by atoms with Gasteiger partial charge in [-0.25, -0.2) is 8.42 Å². The van der Waals surface area contributed by atoms with Crippen LogP contribution in [0.5, 0.6) is 0 Å². The maximum absolute atomic E-state index is 13.0. The van der Waals surface area contributed by atoms with Crippen LogP contribution in [0.3, 0.4) is 0 Å². The summed E-state index contributed by atoms with van der Waals surface area (Å²) in [5, 5.41) is 10.1. The van der Waals surface area contributed by atoms with Gasteiger partial charge in [0.25, 0.3) is 0 Å². The maximum Gasteiger partial charge on any atom is 0.206 e. The van der Waals surface area contributed by atoms with Gasteiger partial charge in [-0.15, -0.1) is 0 Å². The molecule has 11 heteroatoms. The minimum atomic E-state index is -3.70. The quantitative estimate of drug-likeness (QED) is 0.160. The first-order valence-electron chi connectivity index (χ1n) is 10.7. The van der Waals surface area contributed by atoms with Gasteiger partial charge < -0.3 is 0 Å². The van der Waals surface area contributed by atoms with Crippen LogP contribution in [0.15, 0.2) is 105 Å². The smallest absolute Gasteiger partial charge is 0.206 e. The zero-order chi connectivity index (χ0) is 26.4. The van der Waals surface area contributed by atoms with Crippen molar-refractivity contribution in [1.82, 2.24) is 0 Å². The van der Waals surface area contributed by atoms with E-state index in [9.17, 15) is 8.42 Å². The second-order valence-corrected chi connectivity index (χ2v) is 11.2. The zero-order valence-corrected chi connectivity index (χ0v) is 22.7. The van der Waals surface area contributed by atoms with Gasteiger partial charge in [-0.1, -0.05) is 58.5 Å². The highest BCUT2D eigenvalue weighted by molar-refractivity contribution is 7.91. The number of hydrazone groups is 2. The molecule has 6 nitrogen and oxygen atoms in total. The number of nitrogens with zero attached hydrogens (tertiary/aromatic N) is 2. The predicted octanol–water partition coefficient (Wildman–Crippen LogP) is 8.03. The summed E-state index contributed by atoms with van der Waals surface area (Å²) in [7, 11) is -3.70. The summed E-state index contributed by atoms with van der Waals surface area (Å²) in [6, 6.07) is 22.9. The number of nitrogens with one attached hydrogen (secondary N) is 2. The Morgan fingerprint density at radius 1 is 0.541 bits per heavy atom. The molecule has 0 radical (unpaired) electrons. The van der Waals surface area contributed by atoms with Crippen LogP contribution in [-0.4, -0.2) is 20.8 Å². The third kappa shape index (κ3) is 7.03. The molecule has 4 aromatic carbocycles. The molecule has 0 aromatic heterocycles. The van der Waals surface area contributed by atoms with Crippen molar-refractivity contribution < 1.29 is 8.42 Å². The Bertz CT molecular complexity index is 1460. The van der Waals surface area contributed by atoms with Gasteiger partial charge >= 0.3 is 0 Å². The summed E-state index contributed by atoms with van der Waals surface area (Å²) in [6.45, 7) is 0. The standard InChI is InChI=1S/C26H18Cl4N4O2S/c27-23-11-1-17(13-25(23)29)15-31-33-19-3-7-21(8-4-19)37(35,36)22-9-5-20(6-10-22)34-32-16-18-2-12-24(28)26(30)14-18/h1-16,33-34H/b31-15-,32-16+. The minimum absolute atomic E-state index is 0.157. The van der Waals surface area contributed by atoms with Crippen LogP contribution in [-0.2, 0) is 9.84 Å². The van der Waals surface area contributed by atoms with Crippen molar-refractivity contribution in [3.8, 4) is 0 Å². The van der Waals surface area contributed by atoms with Crippen LogP contribution < -0.4 is 10.9 Å². The molecule has 0 aliphatic rings. The van der Waals surface area contributed by atoms with Gasteiger partial charge in [-0.05, 0) is 83.9 Å². The first kappa shape index (κ1) is 27.0. The fraction of sp³-hybridized carbons (Fsp3) is 0. The lowest BCUT2D eigenvalue weighted by Crippen LogP contribution is -2.02. The molecule has 0 saturated carbocycles. The molecule has 0 fully saturated rings. The Balaban J connectivity index is 1.38. The molecular weight excluding hydrogens is 574 g/mol. The third-order valence-corrected chi connectivity index (χ3v) is 8.29. The predicted molar refractivity (Wildman–Crippen MR) is 154 cm³/mol. The number of halogens is 4. The van der Waals surface area contributed by atoms with E-state index in [2.05, 4.69) is 21.1 Å². The third-order valence-electron chi connectivity index (χ3n) is 5.03. The fourth-order valence-electron chi connectivity index (χ4n) is 3.10. The number of sulfone groups is 1. The van der Waals surface area contributed by atoms with Gasteiger partial charge in [0, 0.05) is 0 Å². The van der Waals surface area contributed by atoms with E-state index < -0.39 is 9.84 Å². The second-order valence-electron chi connectivity index (χ2n) is 7.64. The van der Waals surface area contributed by atoms with Crippen LogP contribution in [0, 0.1) is 0 Å². The van der Waals surface area contributed by atoms with Crippen molar-refractivity contribution in [3.05, 3.63) is 116 Å². The van der Waals surface area contributed by atoms with Gasteiger partial charge in [0.15, 0.2) is 0 Å². The highest BCUT2D eigenvalue weighted by Gasteiger charge is 2.17. The number of benzene rings is 4. The highest BCUT2D eigenvalue weighted by atomic mass is 35.5. The molecule has 37 heavy (non-hydrogen) atoms. The minimum Gasteiger partial charge on any atom is -0.279 e. The van der Waals surface area contributed by atoms with Gasteiger partial charge in [0.05, 0.1) is 53.7 Å². The summed E-state index contributed by atoms with van der Waals surface area (Å²) < 4.78 is 26.1. The van der Waals surface area contributed by atoms with Crippen molar-refractivity contribution in [2.75, 3.05) is 10.9 Å². The van der Waals surface area contributed by atoms with Crippen LogP contribution >= 0.6 is 46.4 Å². The Morgan fingerprint density at radius 3 is 1.27 bits per heavy atom. The lowest BCUT2D eigenvalue weighted by atomic mass is 10.2. The van der Waals surface area contributed by atoms with E-state index in [1.807, 2.05) is 0 Å². The van der Waals surface area contributed by atoms with Crippen LogP contribution in [0.1, 0.15) is 11.1 Å². The molecular formula is C26H18Cl4N4O2S. The maximum atomic E-state index is 13.0. The molecule has 4 aromatic rings. The van der Waals surface area contributed by atoms with Crippen LogP contribution in [0.25, 0.3) is 0 Å². The van der Waals surface area contributed by atoms with E-state index >= 15 is 0 Å². The van der Waals surface area contributed by atoms with Gasteiger partial charge in [0.1, 0.15) is 0 Å². The van der Waals surface area contributed by atoms with Crippen molar-refractivity contribution in [1.29, 1.82) is 0 Å². The van der Waals surface area contributed by atoms with E-state index in [-0.39, 0.29) is 9.79 Å². The number of hydrogen-bond acceptors (Lipinski definition) is 6. The first-order valence-corrected chi connectivity index (χ1v) is 13.7. The monoisotopic (exact) mass is 590 g/mol. The zero-order valence-electron chi connectivity index (χ0n) is 18.9.